The van der Waals surface area contributed by atoms with Crippen LogP contribution >= 0.6 is 0 Å². The van der Waals surface area contributed by atoms with Crippen LogP contribution in [-0.2, 0) is 16.1 Å². The molecule has 1 N–H and O–H groups in total. The summed E-state index contributed by atoms with van der Waals surface area (Å²) in [6.07, 6.45) is 2.43. The number of nitrogens with one attached hydrogen (secondary N) is 1. The number of amides is 1. The predicted molar refractivity (Wildman–Crippen MR) is 49.6 cm³/mol. The number of aldehydes is 1. The van der Waals surface area contributed by atoms with Crippen molar-refractivity contribution in [2.75, 3.05) is 5.32 Å². The largest absolute Gasteiger partial charge is 0.308 e. The highest BCUT2D eigenvalue weighted by Gasteiger charge is 2.05. The number of nitrogens with zero attached hydrogens (tertiary/aromatic N) is 3. The van der Waals surface area contributed by atoms with Crippen LogP contribution in [0.5, 0.6) is 0 Å². The molecule has 6 heteroatoms. The van der Waals surface area contributed by atoms with Gasteiger partial charge in [-0.2, -0.15) is 0 Å². The van der Waals surface area contributed by atoms with Crippen LogP contribution in [0.3, 0.4) is 0 Å². The molecule has 1 rings (SSSR count). The molecule has 1 amide bonds. The summed E-state index contributed by atoms with van der Waals surface area (Å²) < 4.78 is 1.52. The molecule has 0 bridgehead atoms. The predicted octanol–water partition coefficient (Wildman–Crippen LogP) is 0.0715. The van der Waals surface area contributed by atoms with Gasteiger partial charge in [-0.15, -0.1) is 5.10 Å². The van der Waals surface area contributed by atoms with Gasteiger partial charge in [0.05, 0.1) is 12.7 Å². The molecule has 0 fully saturated rings. The van der Waals surface area contributed by atoms with Crippen molar-refractivity contribution in [2.45, 2.75) is 20.4 Å². The average Bonchev–Trinajstić information content (AvgIpc) is 2.51. The van der Waals surface area contributed by atoms with Crippen molar-refractivity contribution in [1.29, 1.82) is 0 Å². The van der Waals surface area contributed by atoms with Crippen LogP contribution in [0.4, 0.5) is 5.82 Å². The lowest BCUT2D eigenvalue weighted by atomic mass is 10.2. The van der Waals surface area contributed by atoms with Crippen molar-refractivity contribution < 1.29 is 9.59 Å². The molecule has 1 atom stereocenters. The molecule has 0 saturated carbocycles. The second-order valence-corrected chi connectivity index (χ2v) is 3.12. The Hall–Kier alpha value is -1.72. The number of carbonyl (C=O) groups is 2. The smallest absolute Gasteiger partial charge is 0.222 e. The minimum Gasteiger partial charge on any atom is -0.308 e. The first kappa shape index (κ1) is 10.4. The molecule has 1 heterocycles. The molecule has 0 aliphatic heterocycles. The minimum atomic E-state index is -0.194. The Kier molecular flexibility index (Phi) is 3.33. The number of hydrogen-bond acceptors (Lipinski definition) is 4. The van der Waals surface area contributed by atoms with Gasteiger partial charge in [0.2, 0.25) is 5.91 Å². The molecule has 0 aliphatic carbocycles. The average molecular weight is 196 g/mol. The summed E-state index contributed by atoms with van der Waals surface area (Å²) in [7, 11) is 0. The number of anilines is 1. The van der Waals surface area contributed by atoms with Crippen molar-refractivity contribution >= 4 is 18.0 Å². The summed E-state index contributed by atoms with van der Waals surface area (Å²) in [4.78, 5) is 21.0. The summed E-state index contributed by atoms with van der Waals surface area (Å²) >= 11 is 0. The van der Waals surface area contributed by atoms with E-state index >= 15 is 0 Å². The first-order valence-corrected chi connectivity index (χ1v) is 4.25. The van der Waals surface area contributed by atoms with Crippen LogP contribution in [-0.4, -0.2) is 27.2 Å². The van der Waals surface area contributed by atoms with Crippen LogP contribution in [0.15, 0.2) is 6.20 Å². The summed E-state index contributed by atoms with van der Waals surface area (Å²) in [5.74, 6) is 0.0953. The zero-order chi connectivity index (χ0) is 10.6. The van der Waals surface area contributed by atoms with E-state index in [0.29, 0.717) is 12.4 Å². The summed E-state index contributed by atoms with van der Waals surface area (Å²) in [6.45, 7) is 3.65. The van der Waals surface area contributed by atoms with Gasteiger partial charge in [0.25, 0.3) is 0 Å². The normalized spacial score (nSPS) is 12.1. The molecule has 1 unspecified atom stereocenters. The Morgan fingerprint density at radius 3 is 3.07 bits per heavy atom. The molecular formula is C8H12N4O2. The van der Waals surface area contributed by atoms with Crippen molar-refractivity contribution in [3.8, 4) is 0 Å². The van der Waals surface area contributed by atoms with E-state index in [1.54, 1.807) is 13.1 Å². The molecule has 14 heavy (non-hydrogen) atoms. The third kappa shape index (κ3) is 2.96. The fourth-order valence-corrected chi connectivity index (χ4v) is 0.963. The maximum Gasteiger partial charge on any atom is 0.222 e. The minimum absolute atomic E-state index is 0.109. The van der Waals surface area contributed by atoms with E-state index in [0.717, 1.165) is 6.29 Å². The molecule has 0 aromatic carbocycles. The molecule has 0 saturated heterocycles. The van der Waals surface area contributed by atoms with Crippen LogP contribution in [0.2, 0.25) is 0 Å². The zero-order valence-corrected chi connectivity index (χ0v) is 8.10. The highest BCUT2D eigenvalue weighted by molar-refractivity contribution is 5.87. The van der Waals surface area contributed by atoms with Gasteiger partial charge in [0.1, 0.15) is 6.29 Å². The molecule has 0 spiro atoms. The molecule has 0 aliphatic rings. The fourth-order valence-electron chi connectivity index (χ4n) is 0.963. The Labute approximate surface area is 81.3 Å². The third-order valence-electron chi connectivity index (χ3n) is 1.55. The fraction of sp³-hybridized carbons (Fsp3) is 0.500. The number of aromatic nitrogens is 3. The highest BCUT2D eigenvalue weighted by atomic mass is 16.1. The van der Waals surface area contributed by atoms with Gasteiger partial charge >= 0.3 is 0 Å². The van der Waals surface area contributed by atoms with Crippen LogP contribution in [0.1, 0.15) is 13.8 Å². The molecule has 1 aromatic heterocycles. The summed E-state index contributed by atoms with van der Waals surface area (Å²) in [6, 6.07) is 0. The van der Waals surface area contributed by atoms with Crippen LogP contribution in [0.25, 0.3) is 0 Å². The first-order valence-electron chi connectivity index (χ1n) is 4.25. The molecule has 0 radical (unpaired) electrons. The Morgan fingerprint density at radius 1 is 1.79 bits per heavy atom. The second-order valence-electron chi connectivity index (χ2n) is 3.12. The number of carbonyl (C=O) groups excluding carboxylic acids is 2. The SMILES string of the molecule is CC(=O)Nc1cn(CC(C)C=O)nn1. The molecular weight excluding hydrogens is 184 g/mol. The van der Waals surface area contributed by atoms with E-state index in [9.17, 15) is 9.59 Å². The maximum atomic E-state index is 10.7. The van der Waals surface area contributed by atoms with E-state index in [2.05, 4.69) is 15.6 Å². The van der Waals surface area contributed by atoms with E-state index in [4.69, 9.17) is 0 Å². The third-order valence-corrected chi connectivity index (χ3v) is 1.55. The van der Waals surface area contributed by atoms with Gasteiger partial charge in [-0.05, 0) is 0 Å². The van der Waals surface area contributed by atoms with Gasteiger partial charge in [-0.25, -0.2) is 4.68 Å². The maximum absolute atomic E-state index is 10.7. The van der Waals surface area contributed by atoms with Crippen LogP contribution < -0.4 is 5.32 Å². The quantitative estimate of drug-likeness (QED) is 0.691. The van der Waals surface area contributed by atoms with E-state index in [1.165, 1.54) is 11.6 Å². The lowest BCUT2D eigenvalue weighted by molar-refractivity contribution is -0.114. The van der Waals surface area contributed by atoms with Gasteiger partial charge in [-0.3, -0.25) is 4.79 Å². The second kappa shape index (κ2) is 4.50. The summed E-state index contributed by atoms with van der Waals surface area (Å²) in [5, 5.41) is 9.95. The molecule has 76 valence electrons. The van der Waals surface area contributed by atoms with Crippen molar-refractivity contribution in [3.05, 3.63) is 6.20 Å². The molecule has 1 aromatic rings. The Bertz CT molecular complexity index is 334. The number of hydrogen-bond donors (Lipinski definition) is 1. The van der Waals surface area contributed by atoms with Crippen molar-refractivity contribution in [1.82, 2.24) is 15.0 Å². The van der Waals surface area contributed by atoms with Crippen LogP contribution in [0, 0.1) is 5.92 Å². The Balaban J connectivity index is 2.59. The van der Waals surface area contributed by atoms with E-state index in [1.807, 2.05) is 0 Å². The lowest BCUT2D eigenvalue weighted by Gasteiger charge is -2.00. The monoisotopic (exact) mass is 196 g/mol. The lowest BCUT2D eigenvalue weighted by Crippen LogP contribution is -2.09. The first-order chi connectivity index (χ1) is 6.61. The van der Waals surface area contributed by atoms with Gasteiger partial charge in [0, 0.05) is 12.8 Å². The topological polar surface area (TPSA) is 76.9 Å². The van der Waals surface area contributed by atoms with Gasteiger partial charge < -0.3 is 10.1 Å². The van der Waals surface area contributed by atoms with Crippen molar-refractivity contribution in [2.24, 2.45) is 5.92 Å². The highest BCUT2D eigenvalue weighted by Crippen LogP contribution is 2.02. The van der Waals surface area contributed by atoms with E-state index in [-0.39, 0.29) is 11.8 Å². The van der Waals surface area contributed by atoms with E-state index < -0.39 is 0 Å². The van der Waals surface area contributed by atoms with Gasteiger partial charge in [-0.1, -0.05) is 12.1 Å². The number of rotatable bonds is 4. The van der Waals surface area contributed by atoms with Gasteiger partial charge in [0.15, 0.2) is 5.82 Å². The molecule has 6 nitrogen and oxygen atoms in total. The zero-order valence-electron chi connectivity index (χ0n) is 8.10. The van der Waals surface area contributed by atoms with Crippen molar-refractivity contribution in [3.63, 3.8) is 0 Å². The summed E-state index contributed by atoms with van der Waals surface area (Å²) in [5.41, 5.74) is 0. The standard InChI is InChI=1S/C8H12N4O2/c1-6(5-13)3-12-4-8(10-11-12)9-7(2)14/h4-6H,3H2,1-2H3,(H,9,14). The Morgan fingerprint density at radius 2 is 2.50 bits per heavy atom.